The van der Waals surface area contributed by atoms with Crippen molar-refractivity contribution < 1.29 is 75.2 Å². The molecule has 0 aromatic carbocycles. The number of ketones is 1. The predicted molar refractivity (Wildman–Crippen MR) is 149 cm³/mol. The summed E-state index contributed by atoms with van der Waals surface area (Å²) in [6, 6.07) is -4.34. The number of hydrogen-bond donors (Lipinski definition) is 5. The fourth-order valence-corrected chi connectivity index (χ4v) is 2.99. The molecule has 0 fully saturated rings. The van der Waals surface area contributed by atoms with Crippen molar-refractivity contribution in [2.75, 3.05) is 32.6 Å². The molecule has 0 rings (SSSR count). The first-order chi connectivity index (χ1) is 20.5. The van der Waals surface area contributed by atoms with Gasteiger partial charge in [-0.3, -0.25) is 28.8 Å². The first kappa shape index (κ1) is 45.1. The number of nitrogens with one attached hydrogen (secondary N) is 3. The average Bonchev–Trinajstić information content (AvgIpc) is 2.97. The van der Waals surface area contributed by atoms with Crippen LogP contribution < -0.4 is 27.0 Å². The van der Waals surface area contributed by atoms with Gasteiger partial charge in [0.25, 0.3) is 0 Å². The maximum atomic E-state index is 12.6. The van der Waals surface area contributed by atoms with Crippen LogP contribution >= 0.6 is 0 Å². The van der Waals surface area contributed by atoms with E-state index in [1.54, 1.807) is 13.8 Å². The summed E-state index contributed by atoms with van der Waals surface area (Å²) < 4.78 is 25.2. The molecular weight excluding hydrogens is 695 g/mol. The second-order valence-corrected chi connectivity index (χ2v) is 9.24. The molecule has 0 bridgehead atoms. The van der Waals surface area contributed by atoms with Gasteiger partial charge in [-0.1, -0.05) is 26.4 Å². The van der Waals surface area contributed by atoms with E-state index in [0.717, 1.165) is 26.0 Å². The molecule has 0 heterocycles. The third-order valence-electron chi connectivity index (χ3n) is 4.99. The number of ether oxygens (including phenoxy) is 1. The van der Waals surface area contributed by atoms with Crippen LogP contribution in [0.5, 0.6) is 0 Å². The third-order valence-corrected chi connectivity index (χ3v) is 5.31. The fourth-order valence-electron chi connectivity index (χ4n) is 2.75. The van der Waals surface area contributed by atoms with Crippen LogP contribution in [0.4, 0.5) is 4.39 Å². The van der Waals surface area contributed by atoms with Gasteiger partial charge in [-0.15, -0.1) is 0 Å². The van der Waals surface area contributed by atoms with Crippen molar-refractivity contribution in [3.05, 3.63) is 17.7 Å². The summed E-state index contributed by atoms with van der Waals surface area (Å²) in [5.41, 5.74) is 4.94. The van der Waals surface area contributed by atoms with Gasteiger partial charge in [0, 0.05) is 12.8 Å². The van der Waals surface area contributed by atoms with Crippen molar-refractivity contribution in [2.45, 2.75) is 58.3 Å². The van der Waals surface area contributed by atoms with Gasteiger partial charge in [-0.05, 0) is 12.8 Å². The Balaban J connectivity index is -0.000000799. The van der Waals surface area contributed by atoms with E-state index in [-0.39, 0.29) is 18.2 Å². The number of carbonyl (C=O) groups is 8. The molecule has 0 aromatic heterocycles. The van der Waals surface area contributed by atoms with Gasteiger partial charge < -0.3 is 64.6 Å². The van der Waals surface area contributed by atoms with Crippen molar-refractivity contribution in [3.63, 3.8) is 0 Å². The molecule has 0 saturated carbocycles. The Morgan fingerprint density at radius 1 is 1.00 bits per heavy atom. The summed E-state index contributed by atoms with van der Waals surface area (Å²) >= 11 is 5.49. The molecule has 7 N–H and O–H groups in total. The van der Waals surface area contributed by atoms with E-state index in [1.807, 2.05) is 0 Å². The Morgan fingerprint density at radius 3 is 1.98 bits per heavy atom. The number of nitrogens with two attached hydrogens (primary N) is 2. The summed E-state index contributed by atoms with van der Waals surface area (Å²) in [7, 11) is 4.44. The zero-order valence-electron chi connectivity index (χ0n) is 24.9. The van der Waals surface area contributed by atoms with Crippen LogP contribution in [0, 0.1) is 13.0 Å². The average molecular weight is 735 g/mol. The normalized spacial score (nSPS) is 12.5. The SMILES string of the molecule is COC(=O)CC(NC(=O)C(C)NC(=O)C(NC(C)=O)C(C)C)C(=O)CF.[CH2-][NH2+]CC(=O)[N-]CC(=O)[N-]C(C[S-])C(N)=O.[O]=[Tc+3]. The Kier molecular flexibility index (Phi) is 26.7. The number of nitrogens with zero attached hydrogens (tertiary/aromatic N) is 2. The van der Waals surface area contributed by atoms with Crippen molar-refractivity contribution in [1.82, 2.24) is 16.0 Å². The number of rotatable bonds is 17. The minimum atomic E-state index is -1.39. The molecule has 17 nitrogen and oxygen atoms in total. The molecule has 0 aromatic rings. The van der Waals surface area contributed by atoms with E-state index in [9.17, 15) is 42.7 Å². The number of methoxy groups -OCH3 is 1. The van der Waals surface area contributed by atoms with Crippen molar-refractivity contribution in [1.29, 1.82) is 0 Å². The number of alkyl halides is 1. The number of primary amides is 1. The fraction of sp³-hybridized carbons (Fsp3) is 0.625. The van der Waals surface area contributed by atoms with Gasteiger partial charge in [0.15, 0.2) is 5.78 Å². The van der Waals surface area contributed by atoms with Crippen LogP contribution in [0.15, 0.2) is 0 Å². The number of carbonyl (C=O) groups excluding carboxylic acids is 8. The third kappa shape index (κ3) is 21.4. The second kappa shape index (κ2) is 26.1. The summed E-state index contributed by atoms with van der Waals surface area (Å²) in [6.45, 7) is 4.36. The molecule has 44 heavy (non-hydrogen) atoms. The summed E-state index contributed by atoms with van der Waals surface area (Å²) in [5.74, 6) is -5.75. The van der Waals surface area contributed by atoms with Crippen LogP contribution in [0.25, 0.3) is 10.6 Å². The number of Topliss-reactive ketones (excluding diaryl/α,β-unsaturated/α-hetero) is 1. The number of amides is 6. The van der Waals surface area contributed by atoms with E-state index in [4.69, 9.17) is 9.24 Å². The van der Waals surface area contributed by atoms with Gasteiger partial charge in [-0.25, -0.2) is 4.39 Å². The number of halogens is 1. The van der Waals surface area contributed by atoms with E-state index in [1.165, 1.54) is 19.2 Å². The number of quaternary nitrogens is 1. The zero-order chi connectivity index (χ0) is 35.0. The number of hydrogen-bond acceptors (Lipinski definition) is 11. The molecule has 250 valence electrons. The Labute approximate surface area is 270 Å². The van der Waals surface area contributed by atoms with Gasteiger partial charge in [0.2, 0.25) is 23.6 Å². The molecule has 20 heteroatoms. The Morgan fingerprint density at radius 2 is 1.57 bits per heavy atom. The van der Waals surface area contributed by atoms with E-state index >= 15 is 0 Å². The molecule has 6 amide bonds. The topological polar surface area (TPSA) is 270 Å². The Bertz CT molecular complexity index is 993. The van der Waals surface area contributed by atoms with E-state index in [2.05, 4.69) is 51.0 Å². The van der Waals surface area contributed by atoms with Crippen LogP contribution in [-0.4, -0.2) is 104 Å². The van der Waals surface area contributed by atoms with Gasteiger partial charge in [0.05, 0.1) is 20.1 Å². The summed E-state index contributed by atoms with van der Waals surface area (Å²) in [5, 5.41) is 15.3. The first-order valence-corrected chi connectivity index (χ1v) is 14.0. The van der Waals surface area contributed by atoms with Crippen molar-refractivity contribution in [3.8, 4) is 0 Å². The number of esters is 1. The molecule has 0 aliphatic rings. The molecule has 0 radical (unpaired) electrons. The molecule has 4 atom stereocenters. The van der Waals surface area contributed by atoms with Crippen molar-refractivity contribution in [2.24, 2.45) is 11.7 Å². The van der Waals surface area contributed by atoms with E-state index in [0.29, 0.717) is 0 Å². The minimum absolute atomic E-state index is 0.0631. The van der Waals surface area contributed by atoms with Crippen LogP contribution in [0.3, 0.4) is 0 Å². The van der Waals surface area contributed by atoms with E-state index < -0.39 is 91.0 Å². The van der Waals surface area contributed by atoms with Crippen molar-refractivity contribution >= 4 is 59.8 Å². The van der Waals surface area contributed by atoms with Crippen LogP contribution in [0.1, 0.15) is 34.1 Å². The maximum absolute atomic E-state index is 12.6. The summed E-state index contributed by atoms with van der Waals surface area (Å²) in [4.78, 5) is 91.1. The predicted octanol–water partition coefficient (Wildman–Crippen LogP) is -3.34. The van der Waals surface area contributed by atoms with Crippen LogP contribution in [0.2, 0.25) is 0 Å². The zero-order valence-corrected chi connectivity index (χ0v) is 27.6. The second-order valence-electron chi connectivity index (χ2n) is 8.90. The Hall–Kier alpha value is -3.35. The molecule has 0 aliphatic carbocycles. The first-order valence-electron chi connectivity index (χ1n) is 12.6. The molecule has 4 unspecified atom stereocenters. The van der Waals surface area contributed by atoms with Gasteiger partial charge >= 0.3 is 28.3 Å². The van der Waals surface area contributed by atoms with Gasteiger partial charge in [-0.2, -0.15) is 12.8 Å². The van der Waals surface area contributed by atoms with Gasteiger partial charge in [0.1, 0.15) is 30.7 Å². The van der Waals surface area contributed by atoms with Crippen LogP contribution in [-0.2, 0) is 78.1 Å². The summed E-state index contributed by atoms with van der Waals surface area (Å²) in [6.07, 6.45) is -0.522. The molecule has 0 saturated heterocycles. The monoisotopic (exact) mass is 733 g/mol. The standard InChI is InChI=1S/C16H26FN3O6.C8H16N4O3S.O.Tc/c1-8(2)14(19-10(4)21)16(25)18-9(3)15(24)20-11(12(22)7-17)6-13(23)26-5;1-10-2-6(13)11-3-7(14)12-5(4-16)8(9)15;;/h8-9,11,14H,6-7H2,1-5H3,(H,18,25)(H,19,21)(H,20,24);5H,1-4,10H2,(H5,9,11,12,13,14,15,16);;/q;;;+3/p-3. The molecule has 0 spiro atoms. The molecular formula is C24H39FN7O10STc. The quantitative estimate of drug-likeness (QED) is 0.0560. The molecule has 0 aliphatic heterocycles.